The molecule has 6 heteroatoms. The summed E-state index contributed by atoms with van der Waals surface area (Å²) < 4.78 is 10.9. The number of nitrogens with zero attached hydrogens (tertiary/aromatic N) is 1. The molecule has 0 radical (unpaired) electrons. The van der Waals surface area contributed by atoms with E-state index in [2.05, 4.69) is 0 Å². The predicted octanol–water partition coefficient (Wildman–Crippen LogP) is 0.798. The fraction of sp³-hybridized carbons (Fsp3) is 0.917. The van der Waals surface area contributed by atoms with Crippen LogP contribution in [0.4, 0.5) is 0 Å². The first kappa shape index (κ1) is 17.6. The van der Waals surface area contributed by atoms with E-state index in [4.69, 9.17) is 15.2 Å². The van der Waals surface area contributed by atoms with Crippen molar-refractivity contribution < 1.29 is 14.3 Å². The van der Waals surface area contributed by atoms with Gasteiger partial charge in [0, 0.05) is 26.7 Å². The summed E-state index contributed by atoms with van der Waals surface area (Å²) in [5.74, 6) is 0.0884. The van der Waals surface area contributed by atoms with Crippen molar-refractivity contribution in [1.82, 2.24) is 4.90 Å². The van der Waals surface area contributed by atoms with Crippen molar-refractivity contribution in [2.75, 3.05) is 26.7 Å². The smallest absolute Gasteiger partial charge is 0.225 e. The van der Waals surface area contributed by atoms with Gasteiger partial charge < -0.3 is 20.1 Å². The van der Waals surface area contributed by atoms with Gasteiger partial charge in [-0.25, -0.2) is 0 Å². The van der Waals surface area contributed by atoms with Crippen molar-refractivity contribution in [3.63, 3.8) is 0 Å². The minimum Gasteiger partial charge on any atom is -0.380 e. The Labute approximate surface area is 115 Å². The first-order valence-electron chi connectivity index (χ1n) is 6.06. The van der Waals surface area contributed by atoms with Gasteiger partial charge in [-0.3, -0.25) is 4.79 Å². The third-order valence-electron chi connectivity index (χ3n) is 2.92. The number of methoxy groups -OCH3 is 1. The van der Waals surface area contributed by atoms with Crippen LogP contribution in [0.15, 0.2) is 0 Å². The predicted molar refractivity (Wildman–Crippen MR) is 72.9 cm³/mol. The lowest BCUT2D eigenvalue weighted by molar-refractivity contribution is -0.159. The lowest BCUT2D eigenvalue weighted by atomic mass is 10.0. The average molecular weight is 281 g/mol. The zero-order chi connectivity index (χ0) is 13.1. The van der Waals surface area contributed by atoms with Crippen molar-refractivity contribution in [1.29, 1.82) is 0 Å². The highest BCUT2D eigenvalue weighted by molar-refractivity contribution is 5.85. The summed E-state index contributed by atoms with van der Waals surface area (Å²) in [5.41, 5.74) is 5.24. The van der Waals surface area contributed by atoms with Crippen LogP contribution < -0.4 is 5.73 Å². The molecule has 1 fully saturated rings. The van der Waals surface area contributed by atoms with Crippen LogP contribution in [0.25, 0.3) is 0 Å². The van der Waals surface area contributed by atoms with Gasteiger partial charge in [0.25, 0.3) is 0 Å². The molecule has 1 aliphatic heterocycles. The Hall–Kier alpha value is -0.360. The normalized spacial score (nSPS) is 24.3. The van der Waals surface area contributed by atoms with Gasteiger partial charge >= 0.3 is 0 Å². The summed E-state index contributed by atoms with van der Waals surface area (Å²) in [4.78, 5) is 13.9. The Morgan fingerprint density at radius 3 is 2.67 bits per heavy atom. The minimum absolute atomic E-state index is 0. The number of rotatable bonds is 4. The molecule has 0 saturated carbocycles. The van der Waals surface area contributed by atoms with Crippen LogP contribution >= 0.6 is 12.4 Å². The summed E-state index contributed by atoms with van der Waals surface area (Å²) in [6.45, 7) is 7.61. The molecule has 0 bridgehead atoms. The molecule has 2 atom stereocenters. The molecule has 5 nitrogen and oxygen atoms in total. The van der Waals surface area contributed by atoms with E-state index in [-0.39, 0.29) is 36.1 Å². The molecule has 0 aromatic rings. The quantitative estimate of drug-likeness (QED) is 0.827. The summed E-state index contributed by atoms with van der Waals surface area (Å²) in [5, 5.41) is 0. The van der Waals surface area contributed by atoms with Crippen LogP contribution in [0.1, 0.15) is 27.2 Å². The maximum Gasteiger partial charge on any atom is 0.225 e. The fourth-order valence-corrected chi connectivity index (χ4v) is 2.23. The van der Waals surface area contributed by atoms with Crippen LogP contribution in [-0.4, -0.2) is 55.4 Å². The number of hydrogen-bond acceptors (Lipinski definition) is 4. The van der Waals surface area contributed by atoms with Crippen molar-refractivity contribution >= 4 is 18.3 Å². The molecular weight excluding hydrogens is 256 g/mol. The number of hydrogen-bond donors (Lipinski definition) is 1. The Kier molecular flexibility index (Phi) is 7.14. The van der Waals surface area contributed by atoms with E-state index < -0.39 is 0 Å². The molecule has 0 aromatic heterocycles. The Bertz CT molecular complexity index is 270. The van der Waals surface area contributed by atoms with Crippen molar-refractivity contribution in [3.05, 3.63) is 0 Å². The van der Waals surface area contributed by atoms with Crippen LogP contribution in [0, 0.1) is 0 Å². The molecule has 0 aliphatic carbocycles. The number of nitrogens with two attached hydrogens (primary N) is 1. The summed E-state index contributed by atoms with van der Waals surface area (Å²) in [6.07, 6.45) is 0.223. The lowest BCUT2D eigenvalue weighted by Crippen LogP contribution is -2.54. The number of carbonyl (C=O) groups excluding carboxylic acids is 1. The second kappa shape index (κ2) is 7.28. The molecule has 2 N–H and O–H groups in total. The Morgan fingerprint density at radius 1 is 1.61 bits per heavy atom. The number of halogens is 1. The van der Waals surface area contributed by atoms with E-state index in [1.54, 1.807) is 7.11 Å². The van der Waals surface area contributed by atoms with E-state index >= 15 is 0 Å². The van der Waals surface area contributed by atoms with Gasteiger partial charge in [0.2, 0.25) is 5.91 Å². The highest BCUT2D eigenvalue weighted by atomic mass is 35.5. The van der Waals surface area contributed by atoms with Crippen LogP contribution in [0.5, 0.6) is 0 Å². The molecule has 1 heterocycles. The summed E-state index contributed by atoms with van der Waals surface area (Å²) in [7, 11) is 1.58. The second-order valence-corrected chi connectivity index (χ2v) is 5.26. The molecule has 108 valence electrons. The number of amides is 1. The van der Waals surface area contributed by atoms with E-state index in [9.17, 15) is 4.79 Å². The lowest BCUT2D eigenvalue weighted by Gasteiger charge is -2.42. The summed E-state index contributed by atoms with van der Waals surface area (Å²) >= 11 is 0. The highest BCUT2D eigenvalue weighted by Gasteiger charge is 2.34. The minimum atomic E-state index is -0.279. The van der Waals surface area contributed by atoms with Gasteiger partial charge in [0.1, 0.15) is 0 Å². The van der Waals surface area contributed by atoms with Gasteiger partial charge in [0.05, 0.1) is 24.2 Å². The van der Waals surface area contributed by atoms with Gasteiger partial charge in [0.15, 0.2) is 0 Å². The maximum atomic E-state index is 12.1. The van der Waals surface area contributed by atoms with Crippen LogP contribution in [-0.2, 0) is 14.3 Å². The molecular formula is C12H25ClN2O3. The van der Waals surface area contributed by atoms with Gasteiger partial charge in [-0.1, -0.05) is 0 Å². The molecule has 0 spiro atoms. The average Bonchev–Trinajstić information content (AvgIpc) is 2.22. The SMILES string of the molecule is COC(CN)CC(=O)N1CC(C)OC(C)(C)C1.Cl. The summed E-state index contributed by atoms with van der Waals surface area (Å²) in [6, 6.07) is 0. The second-order valence-electron chi connectivity index (χ2n) is 5.26. The third kappa shape index (κ3) is 5.10. The molecule has 0 aromatic carbocycles. The van der Waals surface area contributed by atoms with E-state index in [0.29, 0.717) is 26.1 Å². The largest absolute Gasteiger partial charge is 0.380 e. The standard InChI is InChI=1S/C12H24N2O3.ClH/c1-9-7-14(8-12(2,3)17-9)11(15)5-10(6-13)16-4;/h9-10H,5-8,13H2,1-4H3;1H. The van der Waals surface area contributed by atoms with E-state index in [1.165, 1.54) is 0 Å². The Morgan fingerprint density at radius 2 is 2.22 bits per heavy atom. The first-order chi connectivity index (χ1) is 7.88. The molecule has 1 saturated heterocycles. The monoisotopic (exact) mass is 280 g/mol. The highest BCUT2D eigenvalue weighted by Crippen LogP contribution is 2.21. The van der Waals surface area contributed by atoms with Crippen molar-refractivity contribution in [2.24, 2.45) is 5.73 Å². The molecule has 1 aliphatic rings. The molecule has 2 unspecified atom stereocenters. The maximum absolute atomic E-state index is 12.1. The zero-order valence-electron chi connectivity index (χ0n) is 11.6. The topological polar surface area (TPSA) is 64.8 Å². The first-order valence-corrected chi connectivity index (χ1v) is 6.06. The van der Waals surface area contributed by atoms with Gasteiger partial charge in [-0.05, 0) is 20.8 Å². The Balaban J connectivity index is 0.00000289. The number of ether oxygens (including phenoxy) is 2. The zero-order valence-corrected chi connectivity index (χ0v) is 12.5. The van der Waals surface area contributed by atoms with Gasteiger partial charge in [-0.15, -0.1) is 12.4 Å². The van der Waals surface area contributed by atoms with Gasteiger partial charge in [-0.2, -0.15) is 0 Å². The van der Waals surface area contributed by atoms with Crippen molar-refractivity contribution in [3.8, 4) is 0 Å². The number of morpholine rings is 1. The van der Waals surface area contributed by atoms with Crippen LogP contribution in [0.2, 0.25) is 0 Å². The van der Waals surface area contributed by atoms with E-state index in [1.807, 2.05) is 25.7 Å². The van der Waals surface area contributed by atoms with Crippen molar-refractivity contribution in [2.45, 2.75) is 45.0 Å². The molecule has 1 amide bonds. The fourth-order valence-electron chi connectivity index (χ4n) is 2.23. The molecule has 1 rings (SSSR count). The third-order valence-corrected chi connectivity index (χ3v) is 2.92. The van der Waals surface area contributed by atoms with Crippen LogP contribution in [0.3, 0.4) is 0 Å². The molecule has 18 heavy (non-hydrogen) atoms. The number of carbonyl (C=O) groups is 1. The van der Waals surface area contributed by atoms with E-state index in [0.717, 1.165) is 0 Å².